The molecule has 0 amide bonds. The SMILES string of the molecule is COC(=O)Cc1c(O)n2c3c(=O)n(C)c(=O)n(C)c3nc2n(Cc2ccccc2)c1=O. The molecule has 0 fully saturated rings. The highest BCUT2D eigenvalue weighted by Gasteiger charge is 2.25. The Morgan fingerprint density at radius 2 is 1.74 bits per heavy atom. The lowest BCUT2D eigenvalue weighted by molar-refractivity contribution is -0.139. The van der Waals surface area contributed by atoms with Crippen molar-refractivity contribution in [3.63, 3.8) is 0 Å². The lowest BCUT2D eigenvalue weighted by atomic mass is 10.2. The van der Waals surface area contributed by atoms with Crippen LogP contribution in [-0.4, -0.2) is 41.3 Å². The number of benzene rings is 1. The van der Waals surface area contributed by atoms with E-state index in [2.05, 4.69) is 9.72 Å². The fraction of sp³-hybridized carbons (Fsp3) is 0.250. The highest BCUT2D eigenvalue weighted by molar-refractivity contribution is 5.78. The highest BCUT2D eigenvalue weighted by Crippen LogP contribution is 2.22. The first-order valence-corrected chi connectivity index (χ1v) is 9.29. The van der Waals surface area contributed by atoms with Crippen molar-refractivity contribution < 1.29 is 14.6 Å². The fourth-order valence-corrected chi connectivity index (χ4v) is 3.53. The monoisotopic (exact) mass is 425 g/mol. The standard InChI is InChI=1S/C20H19N5O6/c1-22-15-14(18(29)23(2)20(22)30)25-17(28)12(9-13(26)31-3)16(27)24(19(25)21-15)10-11-7-5-4-6-8-11/h4-8,28H,9-10H2,1-3H3. The molecule has 11 heteroatoms. The van der Waals surface area contributed by atoms with E-state index in [1.165, 1.54) is 25.8 Å². The summed E-state index contributed by atoms with van der Waals surface area (Å²) in [5.41, 5.74) is -1.54. The smallest absolute Gasteiger partial charge is 0.332 e. The molecule has 0 aliphatic heterocycles. The van der Waals surface area contributed by atoms with Gasteiger partial charge in [-0.15, -0.1) is 0 Å². The molecular formula is C20H19N5O6. The molecule has 0 spiro atoms. The van der Waals surface area contributed by atoms with Crippen molar-refractivity contribution in [2.24, 2.45) is 14.1 Å². The minimum atomic E-state index is -0.734. The number of hydrogen-bond acceptors (Lipinski definition) is 7. The summed E-state index contributed by atoms with van der Waals surface area (Å²) in [4.78, 5) is 54.7. The number of rotatable bonds is 4. The maximum atomic E-state index is 13.2. The Hall–Kier alpha value is -4.15. The van der Waals surface area contributed by atoms with Gasteiger partial charge in [-0.1, -0.05) is 30.3 Å². The molecule has 0 bridgehead atoms. The Morgan fingerprint density at radius 1 is 1.06 bits per heavy atom. The molecule has 4 rings (SSSR count). The zero-order chi connectivity index (χ0) is 22.4. The normalized spacial score (nSPS) is 11.3. The fourth-order valence-electron chi connectivity index (χ4n) is 3.53. The number of hydrogen-bond donors (Lipinski definition) is 1. The number of imidazole rings is 1. The number of aryl methyl sites for hydroxylation is 1. The average molecular weight is 425 g/mol. The van der Waals surface area contributed by atoms with Crippen molar-refractivity contribution >= 4 is 22.9 Å². The van der Waals surface area contributed by atoms with Gasteiger partial charge < -0.3 is 9.84 Å². The van der Waals surface area contributed by atoms with Crippen LogP contribution in [0.2, 0.25) is 0 Å². The Balaban J connectivity index is 2.19. The van der Waals surface area contributed by atoms with E-state index in [1.54, 1.807) is 24.3 Å². The minimum absolute atomic E-state index is 0.000158. The predicted molar refractivity (Wildman–Crippen MR) is 110 cm³/mol. The molecule has 0 aliphatic rings. The van der Waals surface area contributed by atoms with E-state index in [-0.39, 0.29) is 29.0 Å². The van der Waals surface area contributed by atoms with E-state index < -0.39 is 35.1 Å². The Morgan fingerprint density at radius 3 is 2.39 bits per heavy atom. The van der Waals surface area contributed by atoms with E-state index in [1.807, 2.05) is 6.07 Å². The van der Waals surface area contributed by atoms with E-state index in [0.717, 1.165) is 19.1 Å². The van der Waals surface area contributed by atoms with E-state index >= 15 is 0 Å². The van der Waals surface area contributed by atoms with Crippen LogP contribution in [0.5, 0.6) is 5.88 Å². The highest BCUT2D eigenvalue weighted by atomic mass is 16.5. The first-order valence-electron chi connectivity index (χ1n) is 9.29. The third kappa shape index (κ3) is 3.01. The van der Waals surface area contributed by atoms with E-state index in [0.29, 0.717) is 0 Å². The van der Waals surface area contributed by atoms with Crippen molar-refractivity contribution in [2.75, 3.05) is 7.11 Å². The second kappa shape index (κ2) is 7.27. The molecule has 31 heavy (non-hydrogen) atoms. The van der Waals surface area contributed by atoms with Crippen LogP contribution >= 0.6 is 0 Å². The maximum absolute atomic E-state index is 13.2. The second-order valence-electron chi connectivity index (χ2n) is 7.06. The molecule has 4 aromatic rings. The van der Waals surface area contributed by atoms with Crippen molar-refractivity contribution in [2.45, 2.75) is 13.0 Å². The maximum Gasteiger partial charge on any atom is 0.332 e. The average Bonchev–Trinajstić information content (AvgIpc) is 3.18. The number of carbonyl (C=O) groups excluding carboxylic acids is 1. The molecule has 3 aromatic heterocycles. The Bertz CT molecular complexity index is 1520. The number of nitrogens with zero attached hydrogens (tertiary/aromatic N) is 5. The molecule has 0 radical (unpaired) electrons. The summed E-state index contributed by atoms with van der Waals surface area (Å²) in [5.74, 6) is -1.37. The quantitative estimate of drug-likeness (QED) is 0.437. The lowest BCUT2D eigenvalue weighted by Crippen LogP contribution is -2.37. The van der Waals surface area contributed by atoms with Gasteiger partial charge in [0.1, 0.15) is 0 Å². The van der Waals surface area contributed by atoms with Gasteiger partial charge in [0.15, 0.2) is 11.2 Å². The lowest BCUT2D eigenvalue weighted by Gasteiger charge is -2.13. The van der Waals surface area contributed by atoms with Crippen molar-refractivity contribution in [1.82, 2.24) is 23.1 Å². The first kappa shape index (κ1) is 20.1. The van der Waals surface area contributed by atoms with Gasteiger partial charge in [0.2, 0.25) is 11.7 Å². The number of aromatic hydroxyl groups is 1. The van der Waals surface area contributed by atoms with Crippen LogP contribution in [-0.2, 0) is 36.6 Å². The third-order valence-electron chi connectivity index (χ3n) is 5.20. The summed E-state index contributed by atoms with van der Waals surface area (Å²) in [5, 5.41) is 10.9. The van der Waals surface area contributed by atoms with Gasteiger partial charge in [-0.25, -0.2) is 9.20 Å². The topological polar surface area (TPSA) is 130 Å². The van der Waals surface area contributed by atoms with Gasteiger partial charge in [0.05, 0.1) is 25.6 Å². The van der Waals surface area contributed by atoms with E-state index in [4.69, 9.17) is 0 Å². The van der Waals surface area contributed by atoms with Crippen molar-refractivity contribution in [3.05, 3.63) is 72.7 Å². The summed E-state index contributed by atoms with van der Waals surface area (Å²) < 4.78 is 9.02. The summed E-state index contributed by atoms with van der Waals surface area (Å²) in [6.45, 7) is 0.0647. The number of esters is 1. The van der Waals surface area contributed by atoms with E-state index in [9.17, 15) is 24.3 Å². The zero-order valence-electron chi connectivity index (χ0n) is 17.0. The van der Waals surface area contributed by atoms with Crippen LogP contribution in [0.15, 0.2) is 44.7 Å². The molecule has 0 saturated carbocycles. The number of ether oxygens (including phenoxy) is 1. The second-order valence-corrected chi connectivity index (χ2v) is 7.06. The molecule has 3 heterocycles. The van der Waals surface area contributed by atoms with Gasteiger partial charge in [-0.2, -0.15) is 4.98 Å². The van der Waals surface area contributed by atoms with Crippen LogP contribution in [0.1, 0.15) is 11.1 Å². The summed E-state index contributed by atoms with van der Waals surface area (Å²) in [6.07, 6.45) is -0.502. The van der Waals surface area contributed by atoms with Crippen LogP contribution in [0.3, 0.4) is 0 Å². The molecule has 0 atom stereocenters. The van der Waals surface area contributed by atoms with Gasteiger partial charge >= 0.3 is 11.7 Å². The summed E-state index contributed by atoms with van der Waals surface area (Å²) >= 11 is 0. The molecule has 1 aromatic carbocycles. The molecule has 0 unspecified atom stereocenters. The number of methoxy groups -OCH3 is 1. The minimum Gasteiger partial charge on any atom is -0.494 e. The van der Waals surface area contributed by atoms with Gasteiger partial charge in [0, 0.05) is 14.1 Å². The molecule has 0 saturated heterocycles. The Kier molecular flexibility index (Phi) is 4.72. The zero-order valence-corrected chi connectivity index (χ0v) is 17.0. The van der Waals surface area contributed by atoms with Crippen LogP contribution in [0.25, 0.3) is 16.9 Å². The van der Waals surface area contributed by atoms with Crippen LogP contribution < -0.4 is 16.8 Å². The largest absolute Gasteiger partial charge is 0.494 e. The first-order chi connectivity index (χ1) is 14.8. The number of aromatic nitrogens is 5. The van der Waals surface area contributed by atoms with Gasteiger partial charge in [-0.05, 0) is 5.56 Å². The summed E-state index contributed by atoms with van der Waals surface area (Å²) in [7, 11) is 3.90. The van der Waals surface area contributed by atoms with Crippen LogP contribution in [0.4, 0.5) is 0 Å². The number of carbonyl (C=O) groups is 1. The number of fused-ring (bicyclic) bond motifs is 3. The molecule has 160 valence electrons. The molecule has 0 aliphatic carbocycles. The predicted octanol–water partition coefficient (Wildman–Crippen LogP) is -0.484. The van der Waals surface area contributed by atoms with Gasteiger partial charge in [0.25, 0.3) is 11.1 Å². The molecule has 11 nitrogen and oxygen atoms in total. The van der Waals surface area contributed by atoms with Crippen molar-refractivity contribution in [1.29, 1.82) is 0 Å². The van der Waals surface area contributed by atoms with Gasteiger partial charge in [-0.3, -0.25) is 28.1 Å². The molecular weight excluding hydrogens is 406 g/mol. The van der Waals surface area contributed by atoms with Crippen LogP contribution in [0, 0.1) is 0 Å². The third-order valence-corrected chi connectivity index (χ3v) is 5.20. The Labute approximate surface area is 174 Å². The van der Waals surface area contributed by atoms with Crippen molar-refractivity contribution in [3.8, 4) is 5.88 Å². The summed E-state index contributed by atoms with van der Waals surface area (Å²) in [6, 6.07) is 9.02. The molecule has 1 N–H and O–H groups in total.